The van der Waals surface area contributed by atoms with E-state index in [4.69, 9.17) is 0 Å². The number of nitro benzene ring substituents is 1. The van der Waals surface area contributed by atoms with Crippen molar-refractivity contribution in [1.82, 2.24) is 5.43 Å². The minimum atomic E-state index is -0.476. The summed E-state index contributed by atoms with van der Waals surface area (Å²) >= 11 is 6.89. The van der Waals surface area contributed by atoms with Crippen LogP contribution in [0.1, 0.15) is 11.1 Å². The van der Waals surface area contributed by atoms with Gasteiger partial charge in [-0.25, -0.2) is 5.43 Å². The van der Waals surface area contributed by atoms with Gasteiger partial charge in [-0.15, -0.1) is 0 Å². The van der Waals surface area contributed by atoms with E-state index >= 15 is 0 Å². The van der Waals surface area contributed by atoms with Crippen molar-refractivity contribution in [1.29, 1.82) is 0 Å². The first-order chi connectivity index (χ1) is 11.9. The van der Waals surface area contributed by atoms with Crippen molar-refractivity contribution in [3.05, 3.63) is 66.6 Å². The highest BCUT2D eigenvalue weighted by Gasteiger charge is 2.08. The molecule has 130 valence electrons. The summed E-state index contributed by atoms with van der Waals surface area (Å²) in [7, 11) is 0. The van der Waals surface area contributed by atoms with Gasteiger partial charge in [-0.05, 0) is 74.2 Å². The molecule has 0 aliphatic rings. The van der Waals surface area contributed by atoms with E-state index in [1.54, 1.807) is 12.1 Å². The maximum atomic E-state index is 11.8. The molecule has 2 aromatic rings. The second kappa shape index (κ2) is 8.72. The predicted molar refractivity (Wildman–Crippen MR) is 104 cm³/mol. The molecule has 0 aliphatic heterocycles. The number of hydrogen-bond acceptors (Lipinski definition) is 5. The molecule has 2 rings (SSSR count). The summed E-state index contributed by atoms with van der Waals surface area (Å²) in [6.07, 6.45) is 1.42. The van der Waals surface area contributed by atoms with Gasteiger partial charge in [-0.2, -0.15) is 5.10 Å². The first-order valence-electron chi connectivity index (χ1n) is 7.12. The smallest absolute Gasteiger partial charge is 0.269 e. The lowest BCUT2D eigenvalue weighted by Gasteiger charge is -2.11. The molecular weight excluding hydrogens is 456 g/mol. The normalized spacial score (nSPS) is 10.7. The summed E-state index contributed by atoms with van der Waals surface area (Å²) in [4.78, 5) is 21.9. The summed E-state index contributed by atoms with van der Waals surface area (Å²) in [6, 6.07) is 9.73. The Morgan fingerprint density at radius 2 is 1.84 bits per heavy atom. The minimum absolute atomic E-state index is 0.000336. The van der Waals surface area contributed by atoms with Gasteiger partial charge in [-0.1, -0.05) is 0 Å². The van der Waals surface area contributed by atoms with Crippen LogP contribution in [0.4, 0.5) is 11.4 Å². The number of aryl methyl sites for hydroxylation is 1. The lowest BCUT2D eigenvalue weighted by molar-refractivity contribution is -0.384. The van der Waals surface area contributed by atoms with Crippen LogP contribution in [0, 0.1) is 17.0 Å². The number of non-ortho nitro benzene ring substituents is 1. The van der Waals surface area contributed by atoms with Crippen LogP contribution in [-0.4, -0.2) is 23.6 Å². The number of halogens is 2. The summed E-state index contributed by atoms with van der Waals surface area (Å²) in [5, 5.41) is 17.4. The van der Waals surface area contributed by atoms with E-state index in [1.807, 2.05) is 19.1 Å². The molecule has 7 nitrogen and oxygen atoms in total. The van der Waals surface area contributed by atoms with Gasteiger partial charge < -0.3 is 5.32 Å². The molecule has 0 radical (unpaired) electrons. The summed E-state index contributed by atoms with van der Waals surface area (Å²) < 4.78 is 1.70. The number of nitrogens with one attached hydrogen (secondary N) is 2. The highest BCUT2D eigenvalue weighted by Crippen LogP contribution is 2.32. The molecule has 1 amide bonds. The van der Waals surface area contributed by atoms with E-state index in [1.165, 1.54) is 18.3 Å². The Labute approximate surface area is 160 Å². The second-order valence-corrected chi connectivity index (χ2v) is 6.81. The first-order valence-corrected chi connectivity index (χ1v) is 8.71. The molecule has 0 aliphatic carbocycles. The Bertz CT molecular complexity index is 800. The Morgan fingerprint density at radius 3 is 2.40 bits per heavy atom. The minimum Gasteiger partial charge on any atom is -0.374 e. The van der Waals surface area contributed by atoms with Crippen LogP contribution in [0.5, 0.6) is 0 Å². The number of hydrazone groups is 1. The molecule has 0 heterocycles. The van der Waals surface area contributed by atoms with Crippen molar-refractivity contribution in [3.63, 3.8) is 0 Å². The summed E-state index contributed by atoms with van der Waals surface area (Å²) in [6.45, 7) is 2.01. The molecule has 0 unspecified atom stereocenters. The number of carbonyl (C=O) groups excluding carboxylic acids is 1. The van der Waals surface area contributed by atoms with Crippen molar-refractivity contribution in [2.24, 2.45) is 5.10 Å². The Hall–Kier alpha value is -2.26. The third-order valence-corrected chi connectivity index (χ3v) is 4.37. The summed E-state index contributed by atoms with van der Waals surface area (Å²) in [5.74, 6) is -0.322. The van der Waals surface area contributed by atoms with Crippen LogP contribution in [0.15, 0.2) is 50.4 Å². The Morgan fingerprint density at radius 1 is 1.24 bits per heavy atom. The second-order valence-electron chi connectivity index (χ2n) is 5.10. The molecule has 25 heavy (non-hydrogen) atoms. The summed E-state index contributed by atoms with van der Waals surface area (Å²) in [5.41, 5.74) is 4.90. The SMILES string of the molecule is Cc1cc(Br)c(NCC(=O)N/N=C/c2ccc([N+](=O)[O-])cc2)c(Br)c1. The number of amides is 1. The predicted octanol–water partition coefficient (Wildman–Crippen LogP) is 3.99. The van der Waals surface area contributed by atoms with Gasteiger partial charge in [0.05, 0.1) is 23.4 Å². The largest absolute Gasteiger partial charge is 0.374 e. The fourth-order valence-corrected chi connectivity index (χ4v) is 3.63. The average molecular weight is 470 g/mol. The number of benzene rings is 2. The molecule has 2 N–H and O–H groups in total. The molecule has 0 saturated carbocycles. The highest BCUT2D eigenvalue weighted by molar-refractivity contribution is 9.11. The van der Waals surface area contributed by atoms with Gasteiger partial charge in [0.1, 0.15) is 0 Å². The van der Waals surface area contributed by atoms with E-state index < -0.39 is 4.92 Å². The quantitative estimate of drug-likeness (QED) is 0.379. The third-order valence-electron chi connectivity index (χ3n) is 3.12. The molecule has 0 saturated heterocycles. The standard InChI is InChI=1S/C16H14Br2N4O3/c1-10-6-13(17)16(14(18)7-10)19-9-15(23)21-20-8-11-2-4-12(5-3-11)22(24)25/h2-8,19H,9H2,1H3,(H,21,23)/b20-8+. The molecule has 0 aromatic heterocycles. The van der Waals surface area contributed by atoms with Crippen LogP contribution < -0.4 is 10.7 Å². The van der Waals surface area contributed by atoms with Crippen LogP contribution in [0.3, 0.4) is 0 Å². The van der Waals surface area contributed by atoms with E-state index in [0.29, 0.717) is 5.56 Å². The molecule has 0 atom stereocenters. The number of hydrogen-bond donors (Lipinski definition) is 2. The zero-order valence-corrected chi connectivity index (χ0v) is 16.3. The van der Waals surface area contributed by atoms with Crippen LogP contribution in [-0.2, 0) is 4.79 Å². The zero-order valence-electron chi connectivity index (χ0n) is 13.1. The first kappa shape index (κ1) is 19.1. The van der Waals surface area contributed by atoms with Crippen molar-refractivity contribution in [2.45, 2.75) is 6.92 Å². The number of nitro groups is 1. The van der Waals surface area contributed by atoms with Crippen molar-refractivity contribution in [3.8, 4) is 0 Å². The molecule has 0 fully saturated rings. The fourth-order valence-electron chi connectivity index (χ4n) is 1.94. The molecular formula is C16H14Br2N4O3. The van der Waals surface area contributed by atoms with Gasteiger partial charge in [0, 0.05) is 21.1 Å². The van der Waals surface area contributed by atoms with Crippen LogP contribution in [0.25, 0.3) is 0 Å². The van der Waals surface area contributed by atoms with Gasteiger partial charge >= 0.3 is 0 Å². The van der Waals surface area contributed by atoms with E-state index in [9.17, 15) is 14.9 Å². The Balaban J connectivity index is 1.87. The van der Waals surface area contributed by atoms with E-state index in [0.717, 1.165) is 20.2 Å². The van der Waals surface area contributed by atoms with Crippen LogP contribution in [0.2, 0.25) is 0 Å². The van der Waals surface area contributed by atoms with E-state index in [-0.39, 0.29) is 18.1 Å². The van der Waals surface area contributed by atoms with Crippen molar-refractivity contribution in [2.75, 3.05) is 11.9 Å². The number of carbonyl (C=O) groups is 1. The monoisotopic (exact) mass is 468 g/mol. The lowest BCUT2D eigenvalue weighted by atomic mass is 10.2. The van der Waals surface area contributed by atoms with Gasteiger partial charge in [0.15, 0.2) is 0 Å². The van der Waals surface area contributed by atoms with Crippen LogP contribution >= 0.6 is 31.9 Å². The van der Waals surface area contributed by atoms with Gasteiger partial charge in [-0.3, -0.25) is 14.9 Å². The lowest BCUT2D eigenvalue weighted by Crippen LogP contribution is -2.26. The maximum absolute atomic E-state index is 11.8. The highest BCUT2D eigenvalue weighted by atomic mass is 79.9. The Kier molecular flexibility index (Phi) is 6.65. The number of nitrogens with zero attached hydrogens (tertiary/aromatic N) is 2. The molecule has 0 spiro atoms. The van der Waals surface area contributed by atoms with Gasteiger partial charge in [0.2, 0.25) is 0 Å². The zero-order chi connectivity index (χ0) is 18.4. The molecule has 0 bridgehead atoms. The fraction of sp³-hybridized carbons (Fsp3) is 0.125. The number of anilines is 1. The van der Waals surface area contributed by atoms with E-state index in [2.05, 4.69) is 47.7 Å². The molecule has 9 heteroatoms. The maximum Gasteiger partial charge on any atom is 0.269 e. The van der Waals surface area contributed by atoms with Gasteiger partial charge in [0.25, 0.3) is 11.6 Å². The topological polar surface area (TPSA) is 96.6 Å². The van der Waals surface area contributed by atoms with Crippen molar-refractivity contribution < 1.29 is 9.72 Å². The molecule has 2 aromatic carbocycles. The number of rotatable bonds is 6. The van der Waals surface area contributed by atoms with Crippen molar-refractivity contribution >= 4 is 55.4 Å². The average Bonchev–Trinajstić information content (AvgIpc) is 2.54. The third kappa shape index (κ3) is 5.64.